The lowest BCUT2D eigenvalue weighted by Gasteiger charge is -2.31. The Balaban J connectivity index is 1.58. The highest BCUT2D eigenvalue weighted by Gasteiger charge is 2.18. The summed E-state index contributed by atoms with van der Waals surface area (Å²) in [5.74, 6) is 0.401. The number of nitrogens with zero attached hydrogens (tertiary/aromatic N) is 2. The molecular formula is C22H31N3O2. The predicted octanol–water partition coefficient (Wildman–Crippen LogP) is 2.73. The van der Waals surface area contributed by atoms with Gasteiger partial charge in [-0.05, 0) is 55.8 Å². The number of rotatable bonds is 7. The van der Waals surface area contributed by atoms with Crippen LogP contribution in [0.25, 0.3) is 10.8 Å². The number of aliphatic hydroxyl groups is 1. The van der Waals surface area contributed by atoms with Crippen molar-refractivity contribution in [3.8, 4) is 0 Å². The molecule has 0 spiro atoms. The molecule has 2 aromatic carbocycles. The molecule has 0 radical (unpaired) electrons. The number of hydrogen-bond acceptors (Lipinski definition) is 4. The van der Waals surface area contributed by atoms with Crippen molar-refractivity contribution in [3.05, 3.63) is 42.0 Å². The van der Waals surface area contributed by atoms with Gasteiger partial charge in [0, 0.05) is 50.4 Å². The molecule has 1 atom stereocenters. The van der Waals surface area contributed by atoms with E-state index in [-0.39, 0.29) is 12.5 Å². The first-order chi connectivity index (χ1) is 13.1. The molecule has 0 unspecified atom stereocenters. The zero-order valence-electron chi connectivity index (χ0n) is 16.4. The van der Waals surface area contributed by atoms with Crippen LogP contribution in [-0.2, 0) is 0 Å². The molecule has 2 aromatic rings. The number of carbonyl (C=O) groups is 1. The Morgan fingerprint density at radius 3 is 2.74 bits per heavy atom. The lowest BCUT2D eigenvalue weighted by Crippen LogP contribution is -2.38. The number of anilines is 1. The normalized spacial score (nSPS) is 17.8. The molecule has 27 heavy (non-hydrogen) atoms. The number of nitrogens with one attached hydrogen (secondary N) is 1. The van der Waals surface area contributed by atoms with Crippen molar-refractivity contribution in [3.63, 3.8) is 0 Å². The molecule has 1 amide bonds. The van der Waals surface area contributed by atoms with Crippen molar-refractivity contribution in [1.29, 1.82) is 0 Å². The van der Waals surface area contributed by atoms with Gasteiger partial charge < -0.3 is 20.2 Å². The Morgan fingerprint density at radius 1 is 1.22 bits per heavy atom. The van der Waals surface area contributed by atoms with Crippen LogP contribution in [0.3, 0.4) is 0 Å². The van der Waals surface area contributed by atoms with Gasteiger partial charge >= 0.3 is 0 Å². The molecule has 5 nitrogen and oxygen atoms in total. The van der Waals surface area contributed by atoms with Crippen LogP contribution in [0.4, 0.5) is 5.69 Å². The topological polar surface area (TPSA) is 55.8 Å². The van der Waals surface area contributed by atoms with E-state index in [0.717, 1.165) is 60.9 Å². The average molecular weight is 370 g/mol. The second-order valence-corrected chi connectivity index (χ2v) is 7.67. The maximum atomic E-state index is 12.7. The van der Waals surface area contributed by atoms with Gasteiger partial charge in [0.05, 0.1) is 0 Å². The van der Waals surface area contributed by atoms with Crippen LogP contribution < -0.4 is 10.2 Å². The van der Waals surface area contributed by atoms with E-state index >= 15 is 0 Å². The van der Waals surface area contributed by atoms with Crippen molar-refractivity contribution in [2.24, 2.45) is 5.92 Å². The van der Waals surface area contributed by atoms with Gasteiger partial charge in [0.1, 0.15) is 0 Å². The first kappa shape index (κ1) is 19.6. The summed E-state index contributed by atoms with van der Waals surface area (Å²) in [5, 5.41) is 14.5. The largest absolute Gasteiger partial charge is 0.396 e. The molecule has 1 heterocycles. The Kier molecular flexibility index (Phi) is 6.69. The third kappa shape index (κ3) is 4.79. The fraction of sp³-hybridized carbons (Fsp3) is 0.500. The summed E-state index contributed by atoms with van der Waals surface area (Å²) in [6.45, 7) is 3.99. The van der Waals surface area contributed by atoms with E-state index in [2.05, 4.69) is 21.2 Å². The zero-order chi connectivity index (χ0) is 19.2. The molecule has 0 aliphatic carbocycles. The summed E-state index contributed by atoms with van der Waals surface area (Å²) in [5.41, 5.74) is 1.85. The maximum absolute atomic E-state index is 12.7. The number of fused-ring (bicyclic) bond motifs is 1. The molecule has 0 bridgehead atoms. The number of likely N-dealkylation sites (tertiary alicyclic amines) is 1. The number of carbonyl (C=O) groups excluding carboxylic acids is 1. The third-order valence-corrected chi connectivity index (χ3v) is 5.43. The third-order valence-electron chi connectivity index (χ3n) is 5.43. The molecule has 3 rings (SSSR count). The Bertz CT molecular complexity index is 775. The first-order valence-corrected chi connectivity index (χ1v) is 9.90. The molecule has 1 fully saturated rings. The molecule has 5 heteroatoms. The molecule has 2 N–H and O–H groups in total. The minimum Gasteiger partial charge on any atom is -0.396 e. The lowest BCUT2D eigenvalue weighted by molar-refractivity contribution is 0.0948. The van der Waals surface area contributed by atoms with Gasteiger partial charge in [-0.15, -0.1) is 0 Å². The fourth-order valence-corrected chi connectivity index (χ4v) is 3.97. The summed E-state index contributed by atoms with van der Waals surface area (Å²) in [7, 11) is 4.03. The van der Waals surface area contributed by atoms with Gasteiger partial charge in [-0.2, -0.15) is 0 Å². The van der Waals surface area contributed by atoms with Crippen LogP contribution in [0.5, 0.6) is 0 Å². The van der Waals surface area contributed by atoms with E-state index in [1.165, 1.54) is 0 Å². The van der Waals surface area contributed by atoms with Crippen molar-refractivity contribution in [2.75, 3.05) is 51.8 Å². The van der Waals surface area contributed by atoms with Gasteiger partial charge in [0.15, 0.2) is 0 Å². The molecule has 146 valence electrons. The van der Waals surface area contributed by atoms with Crippen LogP contribution in [0.15, 0.2) is 36.4 Å². The quantitative estimate of drug-likeness (QED) is 0.737. The van der Waals surface area contributed by atoms with Crippen molar-refractivity contribution in [1.82, 2.24) is 10.2 Å². The molecule has 1 aliphatic rings. The molecule has 1 aliphatic heterocycles. The standard InChI is InChI=1S/C22H31N3O2/c1-24(2)21-11-10-20(18-8-3-4-9-19(18)21)22(27)23-12-6-14-25-13-5-7-17(15-25)16-26/h3-4,8-11,17,26H,5-7,12-16H2,1-2H3,(H,23,27)/t17-/m0/s1. The Morgan fingerprint density at radius 2 is 2.00 bits per heavy atom. The number of amides is 1. The summed E-state index contributed by atoms with van der Waals surface area (Å²) in [6, 6.07) is 12.0. The maximum Gasteiger partial charge on any atom is 0.251 e. The first-order valence-electron chi connectivity index (χ1n) is 9.90. The number of aliphatic hydroxyl groups excluding tert-OH is 1. The SMILES string of the molecule is CN(C)c1ccc(C(=O)NCCCN2CCC[C@H](CO)C2)c2ccccc12. The van der Waals surface area contributed by atoms with Crippen LogP contribution in [0, 0.1) is 5.92 Å². The van der Waals surface area contributed by atoms with E-state index in [4.69, 9.17) is 0 Å². The van der Waals surface area contributed by atoms with Gasteiger partial charge in [-0.25, -0.2) is 0 Å². The molecular weight excluding hydrogens is 338 g/mol. The number of hydrogen-bond donors (Lipinski definition) is 2. The Labute approximate surface area is 162 Å². The smallest absolute Gasteiger partial charge is 0.251 e. The van der Waals surface area contributed by atoms with E-state index < -0.39 is 0 Å². The second-order valence-electron chi connectivity index (χ2n) is 7.67. The minimum absolute atomic E-state index is 0.0108. The van der Waals surface area contributed by atoms with Crippen molar-refractivity contribution >= 4 is 22.4 Å². The zero-order valence-corrected chi connectivity index (χ0v) is 16.4. The monoisotopic (exact) mass is 369 g/mol. The van der Waals surface area contributed by atoms with Crippen LogP contribution in [0.1, 0.15) is 29.6 Å². The van der Waals surface area contributed by atoms with Crippen LogP contribution in [0.2, 0.25) is 0 Å². The second kappa shape index (κ2) is 9.20. The van der Waals surface area contributed by atoms with E-state index in [9.17, 15) is 9.90 Å². The van der Waals surface area contributed by atoms with E-state index in [1.807, 2.05) is 44.4 Å². The van der Waals surface area contributed by atoms with Gasteiger partial charge in [0.25, 0.3) is 5.91 Å². The Hall–Kier alpha value is -2.11. The van der Waals surface area contributed by atoms with Crippen molar-refractivity contribution < 1.29 is 9.90 Å². The highest BCUT2D eigenvalue weighted by atomic mass is 16.3. The number of piperidine rings is 1. The predicted molar refractivity (Wildman–Crippen MR) is 111 cm³/mol. The summed E-state index contributed by atoms with van der Waals surface area (Å²) in [4.78, 5) is 17.2. The summed E-state index contributed by atoms with van der Waals surface area (Å²) < 4.78 is 0. The number of benzene rings is 2. The van der Waals surface area contributed by atoms with Crippen LogP contribution >= 0.6 is 0 Å². The lowest BCUT2D eigenvalue weighted by atomic mass is 9.99. The summed E-state index contributed by atoms with van der Waals surface area (Å²) in [6.07, 6.45) is 3.21. The van der Waals surface area contributed by atoms with Gasteiger partial charge in [-0.3, -0.25) is 4.79 Å². The molecule has 0 aromatic heterocycles. The fourth-order valence-electron chi connectivity index (χ4n) is 3.97. The van der Waals surface area contributed by atoms with Gasteiger partial charge in [0.2, 0.25) is 0 Å². The molecule has 1 saturated heterocycles. The minimum atomic E-state index is -0.0108. The highest BCUT2D eigenvalue weighted by Crippen LogP contribution is 2.28. The average Bonchev–Trinajstić information content (AvgIpc) is 2.70. The van der Waals surface area contributed by atoms with Crippen molar-refractivity contribution in [2.45, 2.75) is 19.3 Å². The van der Waals surface area contributed by atoms with E-state index in [0.29, 0.717) is 12.5 Å². The van der Waals surface area contributed by atoms with E-state index in [1.54, 1.807) is 0 Å². The van der Waals surface area contributed by atoms with Crippen LogP contribution in [-0.4, -0.2) is 62.8 Å². The molecule has 0 saturated carbocycles. The van der Waals surface area contributed by atoms with Gasteiger partial charge in [-0.1, -0.05) is 24.3 Å². The summed E-state index contributed by atoms with van der Waals surface area (Å²) >= 11 is 0. The highest BCUT2D eigenvalue weighted by molar-refractivity contribution is 6.10.